The zero-order chi connectivity index (χ0) is 17.7. The van der Waals surface area contributed by atoms with E-state index in [1.165, 1.54) is 6.08 Å². The molecule has 2 unspecified atom stereocenters. The molecule has 1 saturated heterocycles. The topological polar surface area (TPSA) is 156 Å². The quantitative estimate of drug-likeness (QED) is 0.122. The SMILES string of the molecule is C=CCN1C(=O)/C(=C/[C@@H](O)C(N)[C@H](O)C(O)CO)C(=O)NC1=S. The molecule has 7 N–H and O–H groups in total. The summed E-state index contributed by atoms with van der Waals surface area (Å²) in [5, 5.41) is 39.8. The van der Waals surface area contributed by atoms with Crippen LogP contribution in [0.4, 0.5) is 0 Å². The van der Waals surface area contributed by atoms with Gasteiger partial charge in [0.15, 0.2) is 5.11 Å². The zero-order valence-electron chi connectivity index (χ0n) is 12.1. The van der Waals surface area contributed by atoms with Gasteiger partial charge in [-0.3, -0.25) is 19.8 Å². The van der Waals surface area contributed by atoms with Gasteiger partial charge < -0.3 is 26.2 Å². The van der Waals surface area contributed by atoms with Crippen LogP contribution in [0.3, 0.4) is 0 Å². The summed E-state index contributed by atoms with van der Waals surface area (Å²) >= 11 is 4.87. The average molecular weight is 345 g/mol. The summed E-state index contributed by atoms with van der Waals surface area (Å²) in [5.74, 6) is -1.56. The number of thiocarbonyl (C=S) groups is 1. The van der Waals surface area contributed by atoms with Crippen LogP contribution in [0.2, 0.25) is 0 Å². The second kappa shape index (κ2) is 8.24. The van der Waals surface area contributed by atoms with E-state index in [1.807, 2.05) is 0 Å². The van der Waals surface area contributed by atoms with Gasteiger partial charge in [0, 0.05) is 6.54 Å². The first-order valence-electron chi connectivity index (χ1n) is 6.65. The molecule has 0 aromatic rings. The van der Waals surface area contributed by atoms with Gasteiger partial charge in [0.1, 0.15) is 17.8 Å². The normalized spacial score (nSPS) is 22.6. The Morgan fingerprint density at radius 1 is 1.35 bits per heavy atom. The number of amides is 2. The van der Waals surface area contributed by atoms with Gasteiger partial charge in [0.25, 0.3) is 11.8 Å². The van der Waals surface area contributed by atoms with Gasteiger partial charge in [-0.2, -0.15) is 0 Å². The minimum absolute atomic E-state index is 0.0588. The molecule has 1 aliphatic heterocycles. The van der Waals surface area contributed by atoms with Crippen molar-refractivity contribution in [3.63, 3.8) is 0 Å². The molecular weight excluding hydrogens is 326 g/mol. The van der Waals surface area contributed by atoms with E-state index in [2.05, 4.69) is 11.9 Å². The standard InChI is InChI=1S/C13H19N3O6S/c1-2-3-16-12(22)6(11(21)15-13(16)23)4-7(18)9(14)10(20)8(19)5-17/h2,4,7-10,17-20H,1,3,5,14H2,(H,15,21,23)/b6-4+/t7-,8?,9?,10-/m1/s1. The lowest BCUT2D eigenvalue weighted by Crippen LogP contribution is -2.55. The number of carbonyl (C=O) groups excluding carboxylic acids is 2. The van der Waals surface area contributed by atoms with Crippen LogP contribution in [0.25, 0.3) is 0 Å². The van der Waals surface area contributed by atoms with E-state index in [9.17, 15) is 24.9 Å². The lowest BCUT2D eigenvalue weighted by molar-refractivity contribution is -0.128. The van der Waals surface area contributed by atoms with Crippen LogP contribution in [0.1, 0.15) is 0 Å². The molecule has 1 rings (SSSR count). The first-order valence-corrected chi connectivity index (χ1v) is 7.05. The summed E-state index contributed by atoms with van der Waals surface area (Å²) in [7, 11) is 0. The smallest absolute Gasteiger partial charge is 0.265 e. The van der Waals surface area contributed by atoms with E-state index in [-0.39, 0.29) is 11.7 Å². The van der Waals surface area contributed by atoms with Gasteiger partial charge >= 0.3 is 0 Å². The van der Waals surface area contributed by atoms with Crippen LogP contribution < -0.4 is 11.1 Å². The molecule has 128 valence electrons. The van der Waals surface area contributed by atoms with Crippen LogP contribution in [0, 0.1) is 0 Å². The molecule has 0 aromatic carbocycles. The molecule has 0 bridgehead atoms. The van der Waals surface area contributed by atoms with Crippen molar-refractivity contribution in [2.75, 3.05) is 13.2 Å². The van der Waals surface area contributed by atoms with Crippen molar-refractivity contribution in [1.82, 2.24) is 10.2 Å². The zero-order valence-corrected chi connectivity index (χ0v) is 12.9. The number of carbonyl (C=O) groups is 2. The summed E-state index contributed by atoms with van der Waals surface area (Å²) in [6, 6.07) is -1.42. The van der Waals surface area contributed by atoms with Crippen LogP contribution in [-0.4, -0.2) is 79.8 Å². The van der Waals surface area contributed by atoms with Crippen molar-refractivity contribution in [2.24, 2.45) is 5.73 Å². The Balaban J connectivity index is 2.99. The van der Waals surface area contributed by atoms with E-state index in [0.29, 0.717) is 0 Å². The second-order valence-electron chi connectivity index (χ2n) is 4.85. The maximum absolute atomic E-state index is 12.2. The first-order chi connectivity index (χ1) is 10.7. The van der Waals surface area contributed by atoms with Gasteiger partial charge in [0.05, 0.1) is 18.8 Å². The molecule has 9 nitrogen and oxygen atoms in total. The van der Waals surface area contributed by atoms with Crippen molar-refractivity contribution in [2.45, 2.75) is 24.4 Å². The molecule has 0 aliphatic carbocycles. The third kappa shape index (κ3) is 4.41. The van der Waals surface area contributed by atoms with E-state index < -0.39 is 48.3 Å². The minimum atomic E-state index is -1.65. The Morgan fingerprint density at radius 3 is 2.48 bits per heavy atom. The fourth-order valence-corrected chi connectivity index (χ4v) is 2.11. The highest BCUT2D eigenvalue weighted by Gasteiger charge is 2.35. The fraction of sp³-hybridized carbons (Fsp3) is 0.462. The van der Waals surface area contributed by atoms with Crippen molar-refractivity contribution < 1.29 is 30.0 Å². The number of aliphatic hydroxyl groups is 4. The Kier molecular flexibility index (Phi) is 6.94. The molecule has 2 amide bonds. The Hall–Kier alpha value is -1.69. The van der Waals surface area contributed by atoms with E-state index >= 15 is 0 Å². The minimum Gasteiger partial charge on any atom is -0.394 e. The summed E-state index contributed by atoms with van der Waals surface area (Å²) in [5.41, 5.74) is 5.14. The Bertz CT molecular complexity index is 538. The average Bonchev–Trinajstić information content (AvgIpc) is 2.52. The number of nitrogens with one attached hydrogen (secondary N) is 1. The first kappa shape index (κ1) is 19.4. The van der Waals surface area contributed by atoms with E-state index in [4.69, 9.17) is 23.1 Å². The van der Waals surface area contributed by atoms with Gasteiger partial charge in [0.2, 0.25) is 0 Å². The highest BCUT2D eigenvalue weighted by molar-refractivity contribution is 7.80. The van der Waals surface area contributed by atoms with Gasteiger partial charge in [-0.25, -0.2) is 0 Å². The molecular formula is C13H19N3O6S. The number of hydrogen-bond donors (Lipinski definition) is 6. The second-order valence-corrected chi connectivity index (χ2v) is 5.24. The summed E-state index contributed by atoms with van der Waals surface area (Å²) in [4.78, 5) is 25.1. The molecule has 0 radical (unpaired) electrons. The number of nitrogens with zero attached hydrogens (tertiary/aromatic N) is 1. The van der Waals surface area contributed by atoms with Crippen LogP contribution in [0.5, 0.6) is 0 Å². The largest absolute Gasteiger partial charge is 0.394 e. The molecule has 1 heterocycles. The molecule has 0 spiro atoms. The number of hydrogen-bond acceptors (Lipinski definition) is 8. The third-order valence-corrected chi connectivity index (χ3v) is 3.53. The highest BCUT2D eigenvalue weighted by Crippen LogP contribution is 2.13. The Labute approximate surface area is 137 Å². The monoisotopic (exact) mass is 345 g/mol. The molecule has 4 atom stereocenters. The lowest BCUT2D eigenvalue weighted by Gasteiger charge is -2.29. The third-order valence-electron chi connectivity index (χ3n) is 3.20. The summed E-state index contributed by atoms with van der Waals surface area (Å²) < 4.78 is 0. The van der Waals surface area contributed by atoms with Crippen LogP contribution in [-0.2, 0) is 9.59 Å². The molecule has 1 fully saturated rings. The van der Waals surface area contributed by atoms with E-state index in [1.54, 1.807) is 0 Å². The number of rotatable bonds is 7. The number of aliphatic hydroxyl groups excluding tert-OH is 4. The highest BCUT2D eigenvalue weighted by atomic mass is 32.1. The maximum atomic E-state index is 12.2. The summed E-state index contributed by atoms with van der Waals surface area (Å²) in [6.07, 6.45) is -2.57. The predicted molar refractivity (Wildman–Crippen MR) is 83.8 cm³/mol. The summed E-state index contributed by atoms with van der Waals surface area (Å²) in [6.45, 7) is 2.76. The molecule has 0 aromatic heterocycles. The lowest BCUT2D eigenvalue weighted by atomic mass is 9.98. The number of nitrogens with two attached hydrogens (primary N) is 1. The maximum Gasteiger partial charge on any atom is 0.265 e. The van der Waals surface area contributed by atoms with Gasteiger partial charge in [-0.1, -0.05) is 6.08 Å². The van der Waals surface area contributed by atoms with Crippen molar-refractivity contribution >= 4 is 29.1 Å². The molecule has 1 aliphatic rings. The van der Waals surface area contributed by atoms with Crippen LogP contribution in [0.15, 0.2) is 24.3 Å². The van der Waals surface area contributed by atoms with E-state index in [0.717, 1.165) is 11.0 Å². The fourth-order valence-electron chi connectivity index (χ4n) is 1.86. The van der Waals surface area contributed by atoms with Crippen molar-refractivity contribution in [3.8, 4) is 0 Å². The molecule has 10 heteroatoms. The predicted octanol–water partition coefficient (Wildman–Crippen LogP) is -3.26. The molecule has 23 heavy (non-hydrogen) atoms. The van der Waals surface area contributed by atoms with Gasteiger partial charge in [-0.05, 0) is 18.3 Å². The Morgan fingerprint density at radius 2 is 1.96 bits per heavy atom. The van der Waals surface area contributed by atoms with Gasteiger partial charge in [-0.15, -0.1) is 6.58 Å². The van der Waals surface area contributed by atoms with Crippen molar-refractivity contribution in [1.29, 1.82) is 0 Å². The van der Waals surface area contributed by atoms with Crippen molar-refractivity contribution in [3.05, 3.63) is 24.3 Å². The molecule has 0 saturated carbocycles. The van der Waals surface area contributed by atoms with Crippen LogP contribution >= 0.6 is 12.2 Å².